The number of carbonyl (C=O) groups is 10. The topological polar surface area (TPSA) is 321 Å². The van der Waals surface area contributed by atoms with Gasteiger partial charge in [0.1, 0.15) is 83.1 Å². The number of hydrogen-bond acceptors (Lipinski definition) is 18. The Morgan fingerprint density at radius 2 is 0.538 bits per heavy atom. The van der Waals surface area contributed by atoms with Gasteiger partial charge < -0.3 is 57.9 Å². The van der Waals surface area contributed by atoms with Crippen molar-refractivity contribution in [2.24, 2.45) is 0 Å². The Labute approximate surface area is 750 Å². The molecule has 6 heterocycles. The predicted octanol–water partition coefficient (Wildman–Crippen LogP) is 24.4. The van der Waals surface area contributed by atoms with Crippen molar-refractivity contribution in [2.75, 3.05) is 31.1 Å². The van der Waals surface area contributed by atoms with Crippen molar-refractivity contribution in [1.82, 2.24) is 9.80 Å². The highest BCUT2D eigenvalue weighted by atomic mass is 19.4. The summed E-state index contributed by atoms with van der Waals surface area (Å²) in [6, 6.07) is 29.1. The average molecular weight is 1800 g/mol. The van der Waals surface area contributed by atoms with Crippen molar-refractivity contribution in [1.29, 1.82) is 0 Å². The molecule has 0 radical (unpaired) electrons. The minimum Gasteiger partial charge on any atom is -0.457 e. The van der Waals surface area contributed by atoms with Gasteiger partial charge >= 0.3 is 12.4 Å². The lowest BCUT2D eigenvalue weighted by Gasteiger charge is -2.37. The fourth-order valence-corrected chi connectivity index (χ4v) is 15.6. The fourth-order valence-electron chi connectivity index (χ4n) is 15.6. The number of alkyl halides is 6. The van der Waals surface area contributed by atoms with Gasteiger partial charge in [0.15, 0.2) is 0 Å². The number of furan rings is 4. The number of ether oxygens (including phenoxy) is 4. The summed E-state index contributed by atoms with van der Waals surface area (Å²) in [5.41, 5.74) is 0.0232. The highest BCUT2D eigenvalue weighted by molar-refractivity contribution is 6.45. The van der Waals surface area contributed by atoms with Crippen molar-refractivity contribution >= 4 is 148 Å². The first-order valence-corrected chi connectivity index (χ1v) is 41.7. The number of nitrogens with zero attached hydrogens (tertiary/aromatic N) is 4. The molecule has 0 fully saturated rings. The summed E-state index contributed by atoms with van der Waals surface area (Å²) in [4.78, 5) is 153. The molecule has 4 N–H and O–H groups in total. The summed E-state index contributed by atoms with van der Waals surface area (Å²) < 4.78 is 149. The number of imide groups is 2. The Hall–Kier alpha value is -15.8. The van der Waals surface area contributed by atoms with Crippen LogP contribution in [0.25, 0.3) is 43.1 Å². The van der Waals surface area contributed by atoms with Gasteiger partial charge in [-0.15, -0.1) is 0 Å². The third kappa shape index (κ3) is 17.9. The molecule has 676 valence electrons. The summed E-state index contributed by atoms with van der Waals surface area (Å²) in [6.45, 7) is 35.5. The van der Waals surface area contributed by atoms with Crippen LogP contribution in [0.3, 0.4) is 0 Å². The van der Waals surface area contributed by atoms with Gasteiger partial charge in [0.25, 0.3) is 59.1 Å². The zero-order valence-electron chi connectivity index (χ0n) is 73.3. The molecular weight excluding hydrogens is 1720 g/mol. The van der Waals surface area contributed by atoms with Crippen LogP contribution in [-0.4, -0.2) is 93.3 Å². The van der Waals surface area contributed by atoms with E-state index in [1.165, 1.54) is 27.7 Å². The molecule has 2 atom stereocenters. The maximum Gasteiger partial charge on any atom is 0.391 e. The van der Waals surface area contributed by atoms with E-state index in [2.05, 4.69) is 47.6 Å². The van der Waals surface area contributed by atoms with Crippen LogP contribution in [0, 0.1) is 0 Å². The highest BCUT2D eigenvalue weighted by Crippen LogP contribution is 2.59. The van der Waals surface area contributed by atoms with Gasteiger partial charge in [0, 0.05) is 89.6 Å². The molecule has 0 spiro atoms. The van der Waals surface area contributed by atoms with Gasteiger partial charge in [0.2, 0.25) is 23.5 Å². The molecule has 132 heavy (non-hydrogen) atoms. The Morgan fingerprint density at radius 3 is 0.720 bits per heavy atom. The van der Waals surface area contributed by atoms with Crippen LogP contribution >= 0.6 is 0 Å². The molecule has 4 aromatic heterocycles. The van der Waals surface area contributed by atoms with Crippen LogP contribution < -0.4 is 50.0 Å². The first-order chi connectivity index (χ1) is 62.4. The molecule has 9 aromatic carbocycles. The van der Waals surface area contributed by atoms with E-state index in [9.17, 15) is 19.2 Å². The number of fused-ring (bicyclic) bond motifs is 2. The number of carbonyl (C=O) groups excluding carboxylic acids is 10. The van der Waals surface area contributed by atoms with E-state index in [1.807, 2.05) is 55.4 Å². The Morgan fingerprint density at radius 1 is 0.333 bits per heavy atom. The van der Waals surface area contributed by atoms with E-state index < -0.39 is 165 Å². The number of rotatable bonds is 30. The SMILES string of the molecule is C=C(C)C(=O)Nc1coc(N(C(=O)C(CC(F)(F)F)N2C(=O)c3cc(Oc4ccc(C(C)C)cc4)c4c5c(Oc6ccc(C(C)C)cc6)cc6c7c(cc(Oc8ccc(C(C)C)cc8)c(c8c(Oc9ccc(C(C)C)cc9)cc(c3c48)C2=O)c75)C(=O)N(C(CC(F)(F)F)C(=O)N(c2cc(NC(=O)C(=C)C)co2)c2cc(NC(=O)C(=C)C)co2)C6=O)c2cc(NC(=O)C(=C)C)co2)c1. The van der Waals surface area contributed by atoms with E-state index in [4.69, 9.17) is 36.6 Å². The van der Waals surface area contributed by atoms with Crippen molar-refractivity contribution in [3.05, 3.63) is 264 Å². The maximum absolute atomic E-state index is 16.8. The first-order valence-electron chi connectivity index (χ1n) is 41.7. The molecular formula is C100H86F6N8O18. The summed E-state index contributed by atoms with van der Waals surface area (Å²) in [5.74, 6) is -17.2. The molecule has 0 bridgehead atoms. The number of halogens is 6. The monoisotopic (exact) mass is 1800 g/mol. The number of benzene rings is 9. The summed E-state index contributed by atoms with van der Waals surface area (Å²) in [7, 11) is 0. The molecule has 2 unspecified atom stereocenters. The molecule has 26 nitrogen and oxygen atoms in total. The van der Waals surface area contributed by atoms with Gasteiger partial charge in [0.05, 0.1) is 57.8 Å². The largest absolute Gasteiger partial charge is 0.457 e. The standard InChI is InChI=1S/C100H86F6N8O18/c1-47(2)55-17-25-63(26-18-55)129-73-37-67-81-68(94(120)111(93(67)119)71(41-99(101,102)103)97(123)113(77-33-59(43-125-77)107-89(115)51(9)10)78-34-60(44-126-78)108-90(116)52(11)12)39-75(131-65-29-21-57(22-30-65)49(5)6)85-86-76(132-66-31-23-58(24-32-66)50(7)8)40-70-82-69(38-74(84(88(82)86)83(73)87(81)85)130-64-27-19-56(20-28-64)48(3)4)95(121)112(96(70)122)72(42-100(104,105)106)98(124)114(79-35-61(45-127-79)109-91(117)53(13)14)80-36-62(46-128-80)110-92(118)54(15)16/h17-40,43-50,71-72H,9,11,13,15,41-42H2,1-8,10,12,14,16H3,(H,107,115)(H,108,116)(H,109,117)(H,110,118). The van der Waals surface area contributed by atoms with Crippen molar-refractivity contribution in [2.45, 2.75) is 144 Å². The van der Waals surface area contributed by atoms with Crippen molar-refractivity contribution in [3.8, 4) is 46.0 Å². The first kappa shape index (κ1) is 91.0. The van der Waals surface area contributed by atoms with Gasteiger partial charge in [-0.3, -0.25) is 57.7 Å². The van der Waals surface area contributed by atoms with Crippen LogP contribution in [0.1, 0.15) is 183 Å². The minimum atomic E-state index is -5.46. The second-order valence-corrected chi connectivity index (χ2v) is 33.6. The second kappa shape index (κ2) is 35.4. The summed E-state index contributed by atoms with van der Waals surface area (Å²) in [5, 5.41) is 8.22. The average Bonchev–Trinajstić information content (AvgIpc) is 0.951. The normalized spacial score (nSPS) is 13.2. The molecule has 10 amide bonds. The number of amides is 10. The zero-order valence-corrected chi connectivity index (χ0v) is 73.3. The van der Waals surface area contributed by atoms with Crippen LogP contribution in [0.5, 0.6) is 46.0 Å². The van der Waals surface area contributed by atoms with Crippen LogP contribution in [0.4, 0.5) is 72.6 Å². The van der Waals surface area contributed by atoms with Crippen LogP contribution in [-0.2, 0) is 28.8 Å². The molecule has 0 saturated heterocycles. The third-order valence-corrected chi connectivity index (χ3v) is 22.3. The van der Waals surface area contributed by atoms with Crippen molar-refractivity contribution < 1.29 is 111 Å². The van der Waals surface area contributed by atoms with E-state index in [1.54, 1.807) is 97.1 Å². The second-order valence-electron chi connectivity index (χ2n) is 33.6. The van der Waals surface area contributed by atoms with Crippen LogP contribution in [0.2, 0.25) is 0 Å². The van der Waals surface area contributed by atoms with E-state index in [-0.39, 0.29) is 145 Å². The molecule has 15 rings (SSSR count). The highest BCUT2D eigenvalue weighted by Gasteiger charge is 2.53. The number of anilines is 8. The quantitative estimate of drug-likeness (QED) is 0.0107. The van der Waals surface area contributed by atoms with Gasteiger partial charge in [-0.2, -0.15) is 26.3 Å². The molecule has 0 aliphatic carbocycles. The maximum atomic E-state index is 16.8. The number of nitrogens with one attached hydrogen (secondary N) is 4. The third-order valence-electron chi connectivity index (χ3n) is 22.3. The number of hydrogen-bond donors (Lipinski definition) is 4. The minimum absolute atomic E-state index is 0.00192. The van der Waals surface area contributed by atoms with E-state index >= 15 is 55.1 Å². The van der Waals surface area contributed by atoms with Gasteiger partial charge in [-0.1, -0.05) is 130 Å². The predicted molar refractivity (Wildman–Crippen MR) is 483 cm³/mol. The van der Waals surface area contributed by atoms with Gasteiger partial charge in [-0.05, 0) is 146 Å². The Bertz CT molecular complexity index is 6190. The lowest BCUT2D eigenvalue weighted by molar-refractivity contribution is -0.152. The van der Waals surface area contributed by atoms with Gasteiger partial charge in [-0.25, -0.2) is 9.80 Å². The molecule has 2 aliphatic heterocycles. The zero-order chi connectivity index (χ0) is 95.0. The Balaban J connectivity index is 1.06. The Kier molecular flexibility index (Phi) is 24.4. The fraction of sp³-hybridized carbons (Fsp3) is 0.220. The molecule has 0 saturated carbocycles. The lowest BCUT2D eigenvalue weighted by Crippen LogP contribution is -2.55. The van der Waals surface area contributed by atoms with E-state index in [0.717, 1.165) is 95.8 Å². The molecule has 2 aliphatic rings. The summed E-state index contributed by atoms with van der Waals surface area (Å²) in [6.07, 6.45) is -11.8. The molecule has 32 heteroatoms. The van der Waals surface area contributed by atoms with Crippen molar-refractivity contribution in [3.63, 3.8) is 0 Å². The lowest BCUT2D eigenvalue weighted by atomic mass is 9.80. The molecule has 13 aromatic rings. The van der Waals surface area contributed by atoms with E-state index in [0.29, 0.717) is 9.80 Å². The van der Waals surface area contributed by atoms with Crippen LogP contribution in [0.15, 0.2) is 237 Å². The smallest absolute Gasteiger partial charge is 0.391 e. The summed E-state index contributed by atoms with van der Waals surface area (Å²) >= 11 is 0.